The Morgan fingerprint density at radius 2 is 1.89 bits per heavy atom. The van der Waals surface area contributed by atoms with Crippen molar-refractivity contribution in [3.63, 3.8) is 0 Å². The molecule has 0 bridgehead atoms. The zero-order valence-electron chi connectivity index (χ0n) is 14.7. The Kier molecular flexibility index (Phi) is 5.79. The summed E-state index contributed by atoms with van der Waals surface area (Å²) < 4.78 is 9.90. The Hall–Kier alpha value is -3.67. The van der Waals surface area contributed by atoms with Crippen molar-refractivity contribution in [2.24, 2.45) is 0 Å². The van der Waals surface area contributed by atoms with Crippen LogP contribution in [0.1, 0.15) is 11.1 Å². The molecule has 0 aliphatic rings. The third kappa shape index (κ3) is 4.92. The van der Waals surface area contributed by atoms with Crippen LogP contribution in [0.15, 0.2) is 72.7 Å². The van der Waals surface area contributed by atoms with Gasteiger partial charge < -0.3 is 9.47 Å². The van der Waals surface area contributed by atoms with Gasteiger partial charge in [-0.15, -0.1) is 0 Å². The smallest absolute Gasteiger partial charge is 0.412 e. The van der Waals surface area contributed by atoms with Crippen molar-refractivity contribution >= 4 is 28.9 Å². The quantitative estimate of drug-likeness (QED) is 0.553. The van der Waals surface area contributed by atoms with Crippen LogP contribution in [0, 0.1) is 0 Å². The Labute approximate surface area is 156 Å². The molecule has 0 atom stereocenters. The van der Waals surface area contributed by atoms with E-state index in [4.69, 9.17) is 9.47 Å². The zero-order chi connectivity index (χ0) is 19.1. The van der Waals surface area contributed by atoms with Gasteiger partial charge in [0.1, 0.15) is 12.3 Å². The number of benzene rings is 2. The second-order valence-electron chi connectivity index (χ2n) is 5.72. The molecule has 0 spiro atoms. The van der Waals surface area contributed by atoms with Crippen LogP contribution in [0.25, 0.3) is 16.8 Å². The number of pyridine rings is 1. The Bertz CT molecular complexity index is 984. The highest BCUT2D eigenvalue weighted by Gasteiger charge is 2.14. The van der Waals surface area contributed by atoms with Crippen LogP contribution in [0.2, 0.25) is 0 Å². The van der Waals surface area contributed by atoms with Crippen LogP contribution in [0.4, 0.5) is 4.79 Å². The molecule has 0 fully saturated rings. The number of hydrogen-bond acceptors (Lipinski definition) is 5. The summed E-state index contributed by atoms with van der Waals surface area (Å²) in [6.07, 6.45) is 4.25. The summed E-state index contributed by atoms with van der Waals surface area (Å²) in [6, 6.07) is 16.7. The number of carbonyl (C=O) groups is 2. The summed E-state index contributed by atoms with van der Waals surface area (Å²) in [5.74, 6) is -0.665. The van der Waals surface area contributed by atoms with Crippen LogP contribution in [0.3, 0.4) is 0 Å². The molecule has 1 aromatic heterocycles. The van der Waals surface area contributed by atoms with Crippen LogP contribution in [-0.2, 0) is 20.9 Å². The molecule has 3 aromatic rings. The third-order valence-electron chi connectivity index (χ3n) is 3.83. The topological polar surface area (TPSA) is 77.5 Å². The van der Waals surface area contributed by atoms with Gasteiger partial charge in [0.2, 0.25) is 0 Å². The van der Waals surface area contributed by atoms with Gasteiger partial charge in [0, 0.05) is 17.8 Å². The third-order valence-corrected chi connectivity index (χ3v) is 3.83. The first-order valence-electron chi connectivity index (χ1n) is 8.27. The van der Waals surface area contributed by atoms with E-state index in [9.17, 15) is 9.59 Å². The predicted molar refractivity (Wildman–Crippen MR) is 101 cm³/mol. The molecule has 0 saturated heterocycles. The van der Waals surface area contributed by atoms with Gasteiger partial charge in [0.25, 0.3) is 0 Å². The number of hydrogen-bond donors (Lipinski definition) is 1. The van der Waals surface area contributed by atoms with Crippen molar-refractivity contribution < 1.29 is 19.1 Å². The Balaban J connectivity index is 1.75. The summed E-state index contributed by atoms with van der Waals surface area (Å²) in [7, 11) is 1.25. The fraction of sp³-hybridized carbons (Fsp3) is 0.0952. The fourth-order valence-corrected chi connectivity index (χ4v) is 2.48. The standard InChI is InChI=1S/C21H18N2O4/c1-26-20(24)19(23-21(25)27-14-15-5-3-2-4-6-15)12-16-7-8-18-13-22-10-9-17(18)11-16/h2-13H,14H2,1H3,(H,23,25)/b19-12-. The lowest BCUT2D eigenvalue weighted by molar-refractivity contribution is -0.136. The van der Waals surface area contributed by atoms with E-state index in [1.807, 2.05) is 54.6 Å². The van der Waals surface area contributed by atoms with Crippen molar-refractivity contribution in [2.45, 2.75) is 6.61 Å². The van der Waals surface area contributed by atoms with Crippen molar-refractivity contribution in [3.05, 3.63) is 83.8 Å². The molecule has 0 aliphatic heterocycles. The summed E-state index contributed by atoms with van der Waals surface area (Å²) >= 11 is 0. The van der Waals surface area contributed by atoms with Gasteiger partial charge in [-0.2, -0.15) is 0 Å². The molecule has 1 N–H and O–H groups in total. The molecule has 6 heteroatoms. The van der Waals surface area contributed by atoms with Crippen LogP contribution in [0.5, 0.6) is 0 Å². The van der Waals surface area contributed by atoms with E-state index < -0.39 is 12.1 Å². The van der Waals surface area contributed by atoms with E-state index in [1.54, 1.807) is 12.4 Å². The van der Waals surface area contributed by atoms with Crippen molar-refractivity contribution in [1.82, 2.24) is 10.3 Å². The number of rotatable bonds is 5. The number of carbonyl (C=O) groups excluding carboxylic acids is 2. The minimum absolute atomic E-state index is 0.0102. The molecule has 0 radical (unpaired) electrons. The molecule has 0 unspecified atom stereocenters. The molecule has 1 heterocycles. The highest BCUT2D eigenvalue weighted by Crippen LogP contribution is 2.16. The normalized spacial score (nSPS) is 11.1. The first kappa shape index (κ1) is 18.1. The first-order valence-corrected chi connectivity index (χ1v) is 8.27. The monoisotopic (exact) mass is 362 g/mol. The van der Waals surface area contributed by atoms with Gasteiger partial charge in [-0.05, 0) is 34.7 Å². The number of amides is 1. The van der Waals surface area contributed by atoms with Crippen LogP contribution >= 0.6 is 0 Å². The second-order valence-corrected chi connectivity index (χ2v) is 5.72. The number of methoxy groups -OCH3 is 1. The van der Waals surface area contributed by atoms with E-state index in [1.165, 1.54) is 13.2 Å². The minimum atomic E-state index is -0.736. The number of alkyl carbamates (subject to hydrolysis) is 1. The van der Waals surface area contributed by atoms with Crippen molar-refractivity contribution in [2.75, 3.05) is 7.11 Å². The molecule has 2 aromatic carbocycles. The summed E-state index contributed by atoms with van der Waals surface area (Å²) in [6.45, 7) is 0.101. The SMILES string of the molecule is COC(=O)/C(=C/c1ccc2cnccc2c1)NC(=O)OCc1ccccc1. The van der Waals surface area contributed by atoms with Crippen molar-refractivity contribution in [3.8, 4) is 0 Å². The summed E-state index contributed by atoms with van der Waals surface area (Å²) in [5.41, 5.74) is 1.57. The maximum atomic E-state index is 12.1. The Morgan fingerprint density at radius 3 is 2.67 bits per heavy atom. The Morgan fingerprint density at radius 1 is 1.07 bits per heavy atom. The summed E-state index contributed by atoms with van der Waals surface area (Å²) in [5, 5.41) is 4.39. The summed E-state index contributed by atoms with van der Waals surface area (Å²) in [4.78, 5) is 28.1. The molecular weight excluding hydrogens is 344 g/mol. The van der Waals surface area contributed by atoms with Crippen molar-refractivity contribution in [1.29, 1.82) is 0 Å². The van der Waals surface area contributed by atoms with Gasteiger partial charge in [-0.3, -0.25) is 10.3 Å². The fourth-order valence-electron chi connectivity index (χ4n) is 2.48. The molecule has 0 saturated carbocycles. The van der Waals surface area contributed by atoms with E-state index >= 15 is 0 Å². The molecule has 6 nitrogen and oxygen atoms in total. The maximum Gasteiger partial charge on any atom is 0.412 e. The molecule has 0 aliphatic carbocycles. The molecule has 1 amide bonds. The maximum absolute atomic E-state index is 12.1. The zero-order valence-corrected chi connectivity index (χ0v) is 14.7. The van der Waals surface area contributed by atoms with E-state index in [-0.39, 0.29) is 12.3 Å². The second kappa shape index (κ2) is 8.62. The number of nitrogens with zero attached hydrogens (tertiary/aromatic N) is 1. The van der Waals surface area contributed by atoms with Gasteiger partial charge in [0.15, 0.2) is 0 Å². The van der Waals surface area contributed by atoms with E-state index in [0.29, 0.717) is 0 Å². The first-order chi connectivity index (χ1) is 13.2. The number of ether oxygens (including phenoxy) is 2. The highest BCUT2D eigenvalue weighted by molar-refractivity contribution is 5.97. The molecule has 136 valence electrons. The highest BCUT2D eigenvalue weighted by atomic mass is 16.6. The lowest BCUT2D eigenvalue weighted by Crippen LogP contribution is -2.28. The van der Waals surface area contributed by atoms with Crippen LogP contribution < -0.4 is 5.32 Å². The lowest BCUT2D eigenvalue weighted by Gasteiger charge is -2.09. The lowest BCUT2D eigenvalue weighted by atomic mass is 10.1. The number of nitrogens with one attached hydrogen (secondary N) is 1. The number of fused-ring (bicyclic) bond motifs is 1. The van der Waals surface area contributed by atoms with E-state index in [2.05, 4.69) is 10.3 Å². The van der Waals surface area contributed by atoms with Gasteiger partial charge in [0.05, 0.1) is 7.11 Å². The predicted octanol–water partition coefficient (Wildman–Crippen LogP) is 3.68. The molecule has 3 rings (SSSR count). The van der Waals surface area contributed by atoms with Gasteiger partial charge in [-0.25, -0.2) is 9.59 Å². The number of esters is 1. The van der Waals surface area contributed by atoms with Gasteiger partial charge >= 0.3 is 12.1 Å². The minimum Gasteiger partial charge on any atom is -0.464 e. The number of aromatic nitrogens is 1. The largest absolute Gasteiger partial charge is 0.464 e. The average molecular weight is 362 g/mol. The average Bonchev–Trinajstić information content (AvgIpc) is 2.72. The van der Waals surface area contributed by atoms with E-state index in [0.717, 1.165) is 21.9 Å². The van der Waals surface area contributed by atoms with Gasteiger partial charge in [-0.1, -0.05) is 42.5 Å². The molecular formula is C21H18N2O4. The van der Waals surface area contributed by atoms with Crippen LogP contribution in [-0.4, -0.2) is 24.2 Å². The molecule has 27 heavy (non-hydrogen) atoms.